The average Bonchev–Trinajstić information content (AvgIpc) is 3.05. The number of rotatable bonds is 3. The van der Waals surface area contributed by atoms with E-state index in [9.17, 15) is 9.59 Å². The van der Waals surface area contributed by atoms with Crippen LogP contribution in [-0.4, -0.2) is 11.6 Å². The van der Waals surface area contributed by atoms with Crippen molar-refractivity contribution >= 4 is 34.2 Å². The van der Waals surface area contributed by atoms with E-state index in [1.54, 1.807) is 0 Å². The van der Waals surface area contributed by atoms with E-state index in [2.05, 4.69) is 0 Å². The lowest BCUT2D eigenvalue weighted by Crippen LogP contribution is -2.11. The summed E-state index contributed by atoms with van der Waals surface area (Å²) in [7, 11) is 0. The summed E-state index contributed by atoms with van der Waals surface area (Å²) in [6, 6.07) is 6.59. The third-order valence-electron chi connectivity index (χ3n) is 2.11. The largest absolute Gasteiger partial charge is 0.284 e. The minimum atomic E-state index is -0.646. The topological polar surface area (TPSA) is 81.7 Å². The smallest absolute Gasteiger partial charge is 0.244 e. The molecule has 2 rings (SSSR count). The maximum absolute atomic E-state index is 11.8. The van der Waals surface area contributed by atoms with Crippen LogP contribution in [0.25, 0.3) is 0 Å². The first-order valence-electron chi connectivity index (χ1n) is 4.72. The monoisotopic (exact) mass is 272 g/mol. The molecule has 86 valence electrons. The molecule has 2 aromatic rings. The minimum absolute atomic E-state index is 0.239. The first kappa shape index (κ1) is 12.2. The highest BCUT2D eigenvalue weighted by molar-refractivity contribution is 7.15. The summed E-state index contributed by atoms with van der Waals surface area (Å²) in [6.45, 7) is 0. The fourth-order valence-electron chi connectivity index (χ4n) is 1.25. The number of ketones is 2. The number of thiophene rings is 2. The van der Waals surface area contributed by atoms with Crippen LogP contribution in [0.2, 0.25) is 0 Å². The summed E-state index contributed by atoms with van der Waals surface area (Å²) in [5.74, 6) is -1.29. The van der Waals surface area contributed by atoms with Crippen LogP contribution in [-0.2, 0) is 0 Å². The third-order valence-corrected chi connectivity index (χ3v) is 3.97. The molecule has 4 nitrogen and oxygen atoms in total. The van der Waals surface area contributed by atoms with Gasteiger partial charge in [-0.15, -0.1) is 22.7 Å². The zero-order valence-electron chi connectivity index (χ0n) is 8.84. The molecule has 0 radical (unpaired) electrons. The lowest BCUT2D eigenvalue weighted by atomic mass is 10.1. The molecule has 0 atom stereocenters. The van der Waals surface area contributed by atoms with Crippen molar-refractivity contribution in [3.05, 3.63) is 43.8 Å². The van der Waals surface area contributed by atoms with Gasteiger partial charge < -0.3 is 0 Å². The van der Waals surface area contributed by atoms with Crippen molar-refractivity contribution in [3.8, 4) is 12.1 Å². The van der Waals surface area contributed by atoms with Crippen molar-refractivity contribution in [1.82, 2.24) is 0 Å². The van der Waals surface area contributed by atoms with E-state index in [-0.39, 0.29) is 9.75 Å². The Hall–Kier alpha value is -2.28. The molecule has 2 aromatic heterocycles. The second-order valence-electron chi connectivity index (χ2n) is 3.28. The zero-order chi connectivity index (χ0) is 13.1. The van der Waals surface area contributed by atoms with Gasteiger partial charge in [-0.25, -0.2) is 0 Å². The number of hydrogen-bond acceptors (Lipinski definition) is 6. The van der Waals surface area contributed by atoms with Crippen LogP contribution in [0.15, 0.2) is 22.9 Å². The van der Waals surface area contributed by atoms with Gasteiger partial charge in [0.2, 0.25) is 11.6 Å². The van der Waals surface area contributed by atoms with Gasteiger partial charge in [-0.1, -0.05) is 0 Å². The predicted octanol–water partition coefficient (Wildman–Crippen LogP) is 2.62. The Morgan fingerprint density at radius 2 is 1.28 bits per heavy atom. The SMILES string of the molecule is N#Cc1csc(C(=O)C(=O)c2cc(C#N)cs2)c1. The Balaban J connectivity index is 2.27. The van der Waals surface area contributed by atoms with Gasteiger partial charge in [0.1, 0.15) is 12.1 Å². The Kier molecular flexibility index (Phi) is 3.33. The molecule has 0 unspecified atom stereocenters. The highest BCUT2D eigenvalue weighted by atomic mass is 32.1. The molecule has 0 aromatic carbocycles. The molecule has 0 fully saturated rings. The van der Waals surface area contributed by atoms with Crippen molar-refractivity contribution in [2.75, 3.05) is 0 Å². The van der Waals surface area contributed by atoms with E-state index in [0.717, 1.165) is 22.7 Å². The summed E-state index contributed by atoms with van der Waals surface area (Å²) in [5.41, 5.74) is 0.722. The second-order valence-corrected chi connectivity index (χ2v) is 5.10. The van der Waals surface area contributed by atoms with Crippen LogP contribution in [0.1, 0.15) is 30.5 Å². The van der Waals surface area contributed by atoms with Crippen molar-refractivity contribution in [2.45, 2.75) is 0 Å². The van der Waals surface area contributed by atoms with E-state index in [1.165, 1.54) is 22.9 Å². The van der Waals surface area contributed by atoms with E-state index in [0.29, 0.717) is 11.1 Å². The molecule has 2 heterocycles. The van der Waals surface area contributed by atoms with E-state index >= 15 is 0 Å². The standard InChI is InChI=1S/C12H4N2O2S2/c13-3-7-1-9(17-5-7)11(15)12(16)10-2-8(4-14)6-18-10/h1-2,5-6H. The van der Waals surface area contributed by atoms with Gasteiger partial charge in [-0.3, -0.25) is 9.59 Å². The Morgan fingerprint density at radius 1 is 0.889 bits per heavy atom. The normalized spacial score (nSPS) is 9.44. The van der Waals surface area contributed by atoms with Crippen LogP contribution in [0.4, 0.5) is 0 Å². The van der Waals surface area contributed by atoms with Crippen LogP contribution < -0.4 is 0 Å². The van der Waals surface area contributed by atoms with Gasteiger partial charge >= 0.3 is 0 Å². The first-order valence-corrected chi connectivity index (χ1v) is 6.48. The third kappa shape index (κ3) is 2.21. The molecule has 18 heavy (non-hydrogen) atoms. The number of nitriles is 2. The highest BCUT2D eigenvalue weighted by Gasteiger charge is 2.21. The molecular weight excluding hydrogens is 268 g/mol. The van der Waals surface area contributed by atoms with Crippen LogP contribution in [0.3, 0.4) is 0 Å². The second kappa shape index (κ2) is 4.92. The van der Waals surface area contributed by atoms with Crippen molar-refractivity contribution < 1.29 is 9.59 Å². The molecule has 0 saturated heterocycles. The van der Waals surface area contributed by atoms with Gasteiger partial charge in [0.25, 0.3) is 0 Å². The number of nitrogens with zero attached hydrogens (tertiary/aromatic N) is 2. The van der Waals surface area contributed by atoms with Gasteiger partial charge in [-0.05, 0) is 12.1 Å². The fraction of sp³-hybridized carbons (Fsp3) is 0. The molecule has 0 saturated carbocycles. The van der Waals surface area contributed by atoms with Crippen LogP contribution in [0, 0.1) is 22.7 Å². The molecule has 6 heteroatoms. The van der Waals surface area contributed by atoms with Crippen LogP contribution in [0.5, 0.6) is 0 Å². The summed E-state index contributed by atoms with van der Waals surface area (Å²) < 4.78 is 0. The van der Waals surface area contributed by atoms with Gasteiger partial charge in [0, 0.05) is 10.8 Å². The molecular formula is C12H4N2O2S2. The number of hydrogen-bond donors (Lipinski definition) is 0. The fourth-order valence-corrected chi connectivity index (χ4v) is 2.79. The predicted molar refractivity (Wildman–Crippen MR) is 66.7 cm³/mol. The quantitative estimate of drug-likeness (QED) is 0.635. The average molecular weight is 272 g/mol. The molecule has 0 N–H and O–H groups in total. The minimum Gasteiger partial charge on any atom is -0.284 e. The number of carbonyl (C=O) groups is 2. The lowest BCUT2D eigenvalue weighted by Gasteiger charge is -1.92. The Morgan fingerprint density at radius 3 is 1.56 bits per heavy atom. The molecule has 0 amide bonds. The van der Waals surface area contributed by atoms with Crippen molar-refractivity contribution in [1.29, 1.82) is 10.5 Å². The van der Waals surface area contributed by atoms with Gasteiger partial charge in [-0.2, -0.15) is 10.5 Å². The number of carbonyl (C=O) groups excluding carboxylic acids is 2. The molecule has 0 bridgehead atoms. The maximum atomic E-state index is 11.8. The van der Waals surface area contributed by atoms with Crippen molar-refractivity contribution in [3.63, 3.8) is 0 Å². The Bertz CT molecular complexity index is 651. The summed E-state index contributed by atoms with van der Waals surface area (Å²) in [4.78, 5) is 24.2. The summed E-state index contributed by atoms with van der Waals surface area (Å²) in [6.07, 6.45) is 0. The molecule has 0 spiro atoms. The zero-order valence-corrected chi connectivity index (χ0v) is 10.5. The van der Waals surface area contributed by atoms with E-state index in [4.69, 9.17) is 10.5 Å². The van der Waals surface area contributed by atoms with Gasteiger partial charge in [0.05, 0.1) is 20.9 Å². The summed E-state index contributed by atoms with van der Waals surface area (Å²) in [5, 5.41) is 20.3. The highest BCUT2D eigenvalue weighted by Crippen LogP contribution is 2.20. The van der Waals surface area contributed by atoms with Gasteiger partial charge in [0.15, 0.2) is 0 Å². The maximum Gasteiger partial charge on any atom is 0.244 e. The lowest BCUT2D eigenvalue weighted by molar-refractivity contribution is 0.0821. The molecule has 0 aliphatic rings. The Labute approximate surface area is 110 Å². The van der Waals surface area contributed by atoms with Crippen LogP contribution >= 0.6 is 22.7 Å². The molecule has 0 aliphatic heterocycles. The van der Waals surface area contributed by atoms with Crippen molar-refractivity contribution in [2.24, 2.45) is 0 Å². The van der Waals surface area contributed by atoms with E-state index in [1.807, 2.05) is 12.1 Å². The summed E-state index contributed by atoms with van der Waals surface area (Å²) >= 11 is 2.13. The molecule has 0 aliphatic carbocycles. The van der Waals surface area contributed by atoms with E-state index < -0.39 is 11.6 Å². The number of Topliss-reactive ketones (excluding diaryl/α,β-unsaturated/α-hetero) is 2. The first-order chi connectivity index (χ1) is 8.65.